The maximum Gasteiger partial charge on any atom is 0.264 e. The molecule has 0 aliphatic carbocycles. The van der Waals surface area contributed by atoms with Gasteiger partial charge in [-0.05, 0) is 50.6 Å². The number of aryl methyl sites for hydroxylation is 2. The Labute approximate surface area is 219 Å². The highest BCUT2D eigenvalue weighted by Crippen LogP contribution is 2.30. The molecule has 0 radical (unpaired) electrons. The number of aromatic nitrogens is 4. The van der Waals surface area contributed by atoms with Crippen LogP contribution in [0.4, 0.5) is 8.78 Å². The van der Waals surface area contributed by atoms with Gasteiger partial charge in [-0.2, -0.15) is 4.98 Å². The Morgan fingerprint density at radius 3 is 2.43 bits per heavy atom. The molecule has 2 heterocycles. The lowest BCUT2D eigenvalue weighted by Gasteiger charge is -2.19. The smallest absolute Gasteiger partial charge is 0.264 e. The summed E-state index contributed by atoms with van der Waals surface area (Å²) in [6.07, 6.45) is 1.79. The molecule has 4 aromatic rings. The van der Waals surface area contributed by atoms with Gasteiger partial charge in [-0.25, -0.2) is 18.7 Å². The van der Waals surface area contributed by atoms with E-state index in [1.54, 1.807) is 32.2 Å². The Morgan fingerprint density at radius 1 is 1.03 bits per heavy atom. The van der Waals surface area contributed by atoms with E-state index in [0.29, 0.717) is 22.4 Å². The molecule has 37 heavy (non-hydrogen) atoms. The van der Waals surface area contributed by atoms with E-state index in [9.17, 15) is 13.6 Å². The largest absolute Gasteiger partial charge is 0.472 e. The van der Waals surface area contributed by atoms with Crippen molar-refractivity contribution >= 4 is 11.6 Å². The average molecular weight is 525 g/mol. The standard InChI is InChI=1S/C28H27ClF2N4O2/c1-15-13-32-27(28(4,5)6)34-24(15)18-8-10-21(29)23(11-18)35-17(3)33-25(16(2)26(35)36)37-14-19-7-9-20(30)12-22(19)31/h7-13H,14H2,1-6H3. The molecule has 6 nitrogen and oxygen atoms in total. The molecule has 0 saturated carbocycles. The Hall–Kier alpha value is -3.65. The second-order valence-electron chi connectivity index (χ2n) is 9.90. The quantitative estimate of drug-likeness (QED) is 0.301. The Bertz CT molecular complexity index is 1560. The lowest BCUT2D eigenvalue weighted by atomic mass is 9.95. The van der Waals surface area contributed by atoms with Crippen molar-refractivity contribution in [3.63, 3.8) is 0 Å². The van der Waals surface area contributed by atoms with Gasteiger partial charge in [0, 0.05) is 28.8 Å². The van der Waals surface area contributed by atoms with Crippen LogP contribution in [0.15, 0.2) is 47.4 Å². The van der Waals surface area contributed by atoms with Gasteiger partial charge in [-0.3, -0.25) is 9.36 Å². The maximum absolute atomic E-state index is 14.0. The monoisotopic (exact) mass is 524 g/mol. The summed E-state index contributed by atoms with van der Waals surface area (Å²) in [5.74, 6) is -0.314. The number of hydrogen-bond donors (Lipinski definition) is 0. The number of benzene rings is 2. The third kappa shape index (κ3) is 5.39. The number of hydrogen-bond acceptors (Lipinski definition) is 5. The first-order valence-corrected chi connectivity index (χ1v) is 12.1. The third-order valence-electron chi connectivity index (χ3n) is 5.91. The average Bonchev–Trinajstić information content (AvgIpc) is 2.82. The molecule has 9 heteroatoms. The van der Waals surface area contributed by atoms with Crippen molar-refractivity contribution in [1.82, 2.24) is 19.5 Å². The summed E-state index contributed by atoms with van der Waals surface area (Å²) < 4.78 is 34.3. The van der Waals surface area contributed by atoms with Crippen LogP contribution in [0.1, 0.15) is 49.1 Å². The predicted octanol–water partition coefficient (Wildman–Crippen LogP) is 6.42. The molecule has 0 unspecified atom stereocenters. The summed E-state index contributed by atoms with van der Waals surface area (Å²) in [6.45, 7) is 11.1. The molecule has 0 spiro atoms. The number of nitrogens with zero attached hydrogens (tertiary/aromatic N) is 4. The minimum Gasteiger partial charge on any atom is -0.472 e. The molecule has 0 fully saturated rings. The van der Waals surface area contributed by atoms with E-state index in [-0.39, 0.29) is 34.6 Å². The molecule has 0 bridgehead atoms. The first-order valence-electron chi connectivity index (χ1n) is 11.7. The van der Waals surface area contributed by atoms with Gasteiger partial charge in [-0.1, -0.05) is 38.4 Å². The van der Waals surface area contributed by atoms with E-state index in [1.165, 1.54) is 10.6 Å². The topological polar surface area (TPSA) is 69.9 Å². The van der Waals surface area contributed by atoms with Crippen molar-refractivity contribution in [2.75, 3.05) is 0 Å². The number of rotatable bonds is 5. The van der Waals surface area contributed by atoms with Crippen LogP contribution in [0.5, 0.6) is 5.88 Å². The minimum absolute atomic E-state index is 0.0659. The lowest BCUT2D eigenvalue weighted by molar-refractivity contribution is 0.283. The van der Waals surface area contributed by atoms with Gasteiger partial charge < -0.3 is 4.74 Å². The fraction of sp³-hybridized carbons (Fsp3) is 0.286. The van der Waals surface area contributed by atoms with Gasteiger partial charge >= 0.3 is 0 Å². The first-order chi connectivity index (χ1) is 17.4. The fourth-order valence-corrected chi connectivity index (χ4v) is 4.03. The molecular formula is C28H27ClF2N4O2. The molecule has 0 amide bonds. The molecule has 2 aromatic heterocycles. The zero-order valence-corrected chi connectivity index (χ0v) is 22.2. The molecule has 4 rings (SSSR count). The molecule has 0 aliphatic heterocycles. The van der Waals surface area contributed by atoms with E-state index < -0.39 is 11.6 Å². The molecule has 0 atom stereocenters. The van der Waals surface area contributed by atoms with Crippen LogP contribution in [0, 0.1) is 32.4 Å². The molecule has 0 aliphatic rings. The van der Waals surface area contributed by atoms with Gasteiger partial charge in [0.05, 0.1) is 22.0 Å². The zero-order valence-electron chi connectivity index (χ0n) is 21.5. The zero-order chi connectivity index (χ0) is 27.1. The van der Waals surface area contributed by atoms with E-state index in [4.69, 9.17) is 21.3 Å². The summed E-state index contributed by atoms with van der Waals surface area (Å²) in [5, 5.41) is 0.361. The van der Waals surface area contributed by atoms with Crippen LogP contribution in [-0.4, -0.2) is 19.5 Å². The van der Waals surface area contributed by atoms with Crippen molar-refractivity contribution in [2.45, 2.75) is 53.6 Å². The maximum atomic E-state index is 14.0. The Kier molecular flexibility index (Phi) is 7.15. The summed E-state index contributed by atoms with van der Waals surface area (Å²) in [5.41, 5.74) is 2.61. The highest BCUT2D eigenvalue weighted by Gasteiger charge is 2.21. The highest BCUT2D eigenvalue weighted by atomic mass is 35.5. The summed E-state index contributed by atoms with van der Waals surface area (Å²) >= 11 is 6.55. The third-order valence-corrected chi connectivity index (χ3v) is 6.23. The molecule has 0 saturated heterocycles. The van der Waals surface area contributed by atoms with Crippen LogP contribution in [0.3, 0.4) is 0 Å². The van der Waals surface area contributed by atoms with Crippen molar-refractivity contribution in [2.24, 2.45) is 0 Å². The van der Waals surface area contributed by atoms with Gasteiger partial charge in [0.25, 0.3) is 5.56 Å². The first kappa shape index (κ1) is 26.4. The minimum atomic E-state index is -0.735. The molecule has 192 valence electrons. The van der Waals surface area contributed by atoms with E-state index in [2.05, 4.69) is 9.97 Å². The second kappa shape index (κ2) is 10.0. The summed E-state index contributed by atoms with van der Waals surface area (Å²) in [7, 11) is 0. The highest BCUT2D eigenvalue weighted by molar-refractivity contribution is 6.32. The van der Waals surface area contributed by atoms with Gasteiger partial charge in [0.2, 0.25) is 5.88 Å². The van der Waals surface area contributed by atoms with Crippen molar-refractivity contribution in [3.05, 3.63) is 97.9 Å². The molecule has 2 aromatic carbocycles. The summed E-state index contributed by atoms with van der Waals surface area (Å²) in [4.78, 5) is 27.1. The Balaban J connectivity index is 1.75. The molecular weight excluding hydrogens is 498 g/mol. The second-order valence-corrected chi connectivity index (χ2v) is 10.3. The van der Waals surface area contributed by atoms with Crippen molar-refractivity contribution in [3.8, 4) is 22.8 Å². The van der Waals surface area contributed by atoms with E-state index in [1.807, 2.05) is 33.8 Å². The number of halogens is 3. The van der Waals surface area contributed by atoms with E-state index in [0.717, 1.165) is 29.0 Å². The van der Waals surface area contributed by atoms with Crippen LogP contribution in [0.2, 0.25) is 5.02 Å². The SMILES string of the molecule is Cc1cnc(C(C)(C)C)nc1-c1ccc(Cl)c(-n2c(C)nc(OCc3ccc(F)cc3F)c(C)c2=O)c1. The van der Waals surface area contributed by atoms with Crippen LogP contribution >= 0.6 is 11.6 Å². The van der Waals surface area contributed by atoms with Gasteiger partial charge in [0.15, 0.2) is 0 Å². The number of ether oxygens (including phenoxy) is 1. The van der Waals surface area contributed by atoms with Crippen molar-refractivity contribution < 1.29 is 13.5 Å². The van der Waals surface area contributed by atoms with Gasteiger partial charge in [0.1, 0.15) is 29.9 Å². The lowest BCUT2D eigenvalue weighted by Crippen LogP contribution is -2.25. The Morgan fingerprint density at radius 2 is 1.76 bits per heavy atom. The van der Waals surface area contributed by atoms with Crippen LogP contribution < -0.4 is 10.3 Å². The van der Waals surface area contributed by atoms with Crippen LogP contribution in [0.25, 0.3) is 16.9 Å². The summed E-state index contributed by atoms with van der Waals surface area (Å²) in [6, 6.07) is 8.58. The predicted molar refractivity (Wildman–Crippen MR) is 139 cm³/mol. The van der Waals surface area contributed by atoms with Gasteiger partial charge in [-0.15, -0.1) is 0 Å². The van der Waals surface area contributed by atoms with Crippen molar-refractivity contribution in [1.29, 1.82) is 0 Å². The fourth-order valence-electron chi connectivity index (χ4n) is 3.82. The van der Waals surface area contributed by atoms with E-state index >= 15 is 0 Å². The van der Waals surface area contributed by atoms with Crippen LogP contribution in [-0.2, 0) is 12.0 Å². The normalized spacial score (nSPS) is 11.6. The molecule has 0 N–H and O–H groups in total.